The summed E-state index contributed by atoms with van der Waals surface area (Å²) in [6.07, 6.45) is 0. The normalized spacial score (nSPS) is 10.6. The van der Waals surface area contributed by atoms with Crippen LogP contribution in [-0.4, -0.2) is 35.4 Å². The van der Waals surface area contributed by atoms with Crippen LogP contribution in [0.4, 0.5) is 11.4 Å². The highest BCUT2D eigenvalue weighted by atomic mass is 32.2. The van der Waals surface area contributed by atoms with Crippen molar-refractivity contribution >= 4 is 29.0 Å². The zero-order chi connectivity index (χ0) is 18.9. The van der Waals surface area contributed by atoms with Gasteiger partial charge in [-0.3, -0.25) is 30.7 Å². The van der Waals surface area contributed by atoms with Crippen LogP contribution >= 0.6 is 11.8 Å². The minimum Gasteiger partial charge on any atom is -0.297 e. The number of amides is 1. The molecule has 0 radical (unpaired) electrons. The highest BCUT2D eigenvalue weighted by molar-refractivity contribution is 7.99. The maximum Gasteiger partial charge on any atom is 0.283 e. The van der Waals surface area contributed by atoms with Crippen molar-refractivity contribution < 1.29 is 9.72 Å². The fourth-order valence-corrected chi connectivity index (χ4v) is 3.30. The number of anilines is 1. The van der Waals surface area contributed by atoms with Gasteiger partial charge in [0, 0.05) is 11.0 Å². The molecular formula is C18H22N4O3S. The molecule has 0 spiro atoms. The van der Waals surface area contributed by atoms with E-state index in [0.29, 0.717) is 17.1 Å². The molecule has 138 valence electrons. The number of nitrogens with zero attached hydrogens (tertiary/aromatic N) is 2. The Kier molecular flexibility index (Phi) is 7.43. The molecule has 0 unspecified atom stereocenters. The number of hydrogen-bond donors (Lipinski definition) is 2. The molecule has 0 heterocycles. The Morgan fingerprint density at radius 3 is 2.35 bits per heavy atom. The molecule has 26 heavy (non-hydrogen) atoms. The lowest BCUT2D eigenvalue weighted by Crippen LogP contribution is -2.39. The lowest BCUT2D eigenvalue weighted by atomic mass is 10.3. The van der Waals surface area contributed by atoms with E-state index in [-0.39, 0.29) is 11.6 Å². The smallest absolute Gasteiger partial charge is 0.283 e. The molecule has 0 bridgehead atoms. The van der Waals surface area contributed by atoms with Gasteiger partial charge >= 0.3 is 0 Å². The second kappa shape index (κ2) is 9.79. The van der Waals surface area contributed by atoms with Crippen LogP contribution in [0.15, 0.2) is 58.3 Å². The Hall–Kier alpha value is -2.58. The van der Waals surface area contributed by atoms with E-state index in [2.05, 4.69) is 10.9 Å². The molecule has 0 saturated carbocycles. The van der Waals surface area contributed by atoms with Gasteiger partial charge in [-0.2, -0.15) is 0 Å². The third-order valence-electron chi connectivity index (χ3n) is 3.77. The lowest BCUT2D eigenvalue weighted by molar-refractivity contribution is -0.387. The highest BCUT2D eigenvalue weighted by Gasteiger charge is 2.15. The lowest BCUT2D eigenvalue weighted by Gasteiger charge is -2.18. The summed E-state index contributed by atoms with van der Waals surface area (Å²) in [5.74, 6) is -0.140. The molecule has 2 rings (SSSR count). The van der Waals surface area contributed by atoms with Gasteiger partial charge < -0.3 is 0 Å². The van der Waals surface area contributed by atoms with Crippen molar-refractivity contribution in [1.82, 2.24) is 10.3 Å². The van der Waals surface area contributed by atoms with Crippen LogP contribution in [0.5, 0.6) is 0 Å². The first-order valence-corrected chi connectivity index (χ1v) is 9.14. The summed E-state index contributed by atoms with van der Waals surface area (Å²) in [5.41, 5.74) is 6.34. The van der Waals surface area contributed by atoms with Crippen LogP contribution in [0.25, 0.3) is 0 Å². The zero-order valence-electron chi connectivity index (χ0n) is 14.8. The molecule has 0 aliphatic heterocycles. The van der Waals surface area contributed by atoms with Gasteiger partial charge in [-0.25, -0.2) is 0 Å². The molecule has 2 N–H and O–H groups in total. The molecule has 0 atom stereocenters. The average Bonchev–Trinajstić information content (AvgIpc) is 2.65. The maximum atomic E-state index is 12.0. The van der Waals surface area contributed by atoms with Gasteiger partial charge in [-0.1, -0.05) is 49.9 Å². The van der Waals surface area contributed by atoms with Gasteiger partial charge in [0.25, 0.3) is 11.6 Å². The van der Waals surface area contributed by atoms with Crippen molar-refractivity contribution in [3.8, 4) is 0 Å². The Balaban J connectivity index is 2.09. The quantitative estimate of drug-likeness (QED) is 0.516. The summed E-state index contributed by atoms with van der Waals surface area (Å²) in [6.45, 7) is 5.91. The van der Waals surface area contributed by atoms with Gasteiger partial charge in [-0.15, -0.1) is 0 Å². The summed E-state index contributed by atoms with van der Waals surface area (Å²) >= 11 is 1.28. The second-order valence-corrected chi connectivity index (χ2v) is 6.54. The van der Waals surface area contributed by atoms with E-state index in [1.54, 1.807) is 18.2 Å². The summed E-state index contributed by atoms with van der Waals surface area (Å²) in [4.78, 5) is 26.2. The van der Waals surface area contributed by atoms with Crippen molar-refractivity contribution in [2.24, 2.45) is 0 Å². The monoisotopic (exact) mass is 374 g/mol. The molecule has 0 saturated heterocycles. The molecule has 8 heteroatoms. The molecule has 2 aromatic rings. The number of para-hydroxylation sites is 2. The first-order chi connectivity index (χ1) is 12.5. The van der Waals surface area contributed by atoms with Gasteiger partial charge in [0.2, 0.25) is 0 Å². The van der Waals surface area contributed by atoms with Crippen molar-refractivity contribution in [3.63, 3.8) is 0 Å². The molecule has 0 aliphatic rings. The Morgan fingerprint density at radius 2 is 1.69 bits per heavy atom. The van der Waals surface area contributed by atoms with Gasteiger partial charge in [0.1, 0.15) is 0 Å². The number of carbonyl (C=O) groups is 1. The third-order valence-corrected chi connectivity index (χ3v) is 4.91. The largest absolute Gasteiger partial charge is 0.297 e. The number of nitro benzene ring substituents is 1. The summed E-state index contributed by atoms with van der Waals surface area (Å²) in [7, 11) is 0. The van der Waals surface area contributed by atoms with E-state index in [1.807, 2.05) is 43.0 Å². The van der Waals surface area contributed by atoms with Gasteiger partial charge in [0.05, 0.1) is 22.1 Å². The van der Waals surface area contributed by atoms with E-state index in [1.165, 1.54) is 17.8 Å². The molecular weight excluding hydrogens is 352 g/mol. The van der Waals surface area contributed by atoms with E-state index < -0.39 is 4.92 Å². The Bertz CT molecular complexity index is 766. The number of benzene rings is 2. The van der Waals surface area contributed by atoms with Crippen molar-refractivity contribution in [2.45, 2.75) is 23.6 Å². The molecule has 0 aromatic heterocycles. The molecule has 1 amide bonds. The predicted octanol–water partition coefficient (Wildman–Crippen LogP) is 3.53. The Morgan fingerprint density at radius 1 is 1.08 bits per heavy atom. The van der Waals surface area contributed by atoms with Crippen LogP contribution < -0.4 is 10.9 Å². The SMILES string of the molecule is CCN(CC)CC(=O)NNc1ccccc1Sc1ccccc1[N+](=O)[O-]. The minimum atomic E-state index is -0.399. The van der Waals surface area contributed by atoms with Crippen LogP contribution in [-0.2, 0) is 4.79 Å². The summed E-state index contributed by atoms with van der Waals surface area (Å²) in [5, 5.41) is 11.2. The fourth-order valence-electron chi connectivity index (χ4n) is 2.30. The fraction of sp³-hybridized carbons (Fsp3) is 0.278. The standard InChI is InChI=1S/C18H22N4O3S/c1-3-21(4-2)13-18(23)20-19-14-9-5-7-11-16(14)26-17-12-8-6-10-15(17)22(24)25/h5-12,19H,3-4,13H2,1-2H3,(H,20,23). The van der Waals surface area contributed by atoms with Crippen LogP contribution in [0.3, 0.4) is 0 Å². The number of likely N-dealkylation sites (N-methyl/N-ethyl adjacent to an activating group) is 1. The maximum absolute atomic E-state index is 12.0. The van der Waals surface area contributed by atoms with Crippen molar-refractivity contribution in [1.29, 1.82) is 0 Å². The molecule has 7 nitrogen and oxygen atoms in total. The van der Waals surface area contributed by atoms with Gasteiger partial charge in [-0.05, 0) is 31.3 Å². The van der Waals surface area contributed by atoms with E-state index >= 15 is 0 Å². The predicted molar refractivity (Wildman–Crippen MR) is 103 cm³/mol. The first kappa shape index (κ1) is 19.7. The van der Waals surface area contributed by atoms with Crippen LogP contribution in [0.2, 0.25) is 0 Å². The molecule has 0 aliphatic carbocycles. The molecule has 2 aromatic carbocycles. The zero-order valence-corrected chi connectivity index (χ0v) is 15.6. The van der Waals surface area contributed by atoms with E-state index in [0.717, 1.165) is 18.0 Å². The van der Waals surface area contributed by atoms with Crippen molar-refractivity contribution in [3.05, 3.63) is 58.6 Å². The van der Waals surface area contributed by atoms with Crippen LogP contribution in [0.1, 0.15) is 13.8 Å². The number of nitro groups is 1. The average molecular weight is 374 g/mol. The van der Waals surface area contributed by atoms with E-state index in [4.69, 9.17) is 0 Å². The molecule has 0 fully saturated rings. The van der Waals surface area contributed by atoms with Crippen LogP contribution in [0, 0.1) is 10.1 Å². The first-order valence-electron chi connectivity index (χ1n) is 8.32. The van der Waals surface area contributed by atoms with Gasteiger partial charge in [0.15, 0.2) is 0 Å². The topological polar surface area (TPSA) is 87.5 Å². The highest BCUT2D eigenvalue weighted by Crippen LogP contribution is 2.37. The van der Waals surface area contributed by atoms with Crippen molar-refractivity contribution in [2.75, 3.05) is 25.1 Å². The number of carbonyl (C=O) groups excluding carboxylic acids is 1. The third kappa shape index (κ3) is 5.47. The second-order valence-electron chi connectivity index (χ2n) is 5.46. The van der Waals surface area contributed by atoms with E-state index in [9.17, 15) is 14.9 Å². The summed E-state index contributed by atoms with van der Waals surface area (Å²) < 4.78 is 0. The Labute approximate surface area is 156 Å². The number of hydrogen-bond acceptors (Lipinski definition) is 6. The minimum absolute atomic E-state index is 0.0536. The number of hydrazine groups is 1. The number of nitrogens with one attached hydrogen (secondary N) is 2. The number of rotatable bonds is 9. The summed E-state index contributed by atoms with van der Waals surface area (Å²) in [6, 6.07) is 13.9.